The Bertz CT molecular complexity index is 1430. The first-order chi connectivity index (χ1) is 18.6. The highest BCUT2D eigenvalue weighted by Gasteiger charge is 2.42. The van der Waals surface area contributed by atoms with Crippen LogP contribution in [-0.4, -0.2) is 27.3 Å². The Balaban J connectivity index is 1.33. The van der Waals surface area contributed by atoms with Gasteiger partial charge in [0.25, 0.3) is 0 Å². The lowest BCUT2D eigenvalue weighted by Crippen LogP contribution is -2.29. The third kappa shape index (κ3) is 4.75. The quantitative estimate of drug-likeness (QED) is 0.263. The Labute approximate surface area is 226 Å². The number of aromatic nitrogens is 1. The average Bonchev–Trinajstić information content (AvgIpc) is 3.70. The van der Waals surface area contributed by atoms with Crippen molar-refractivity contribution in [2.75, 3.05) is 4.90 Å². The molecular weight excluding hydrogens is 498 g/mol. The molecule has 0 radical (unpaired) electrons. The predicted octanol–water partition coefficient (Wildman–Crippen LogP) is 6.54. The Morgan fingerprint density at radius 2 is 1.76 bits per heavy atom. The molecular formula is C30H27N3O4S. The van der Waals surface area contributed by atoms with Gasteiger partial charge in [0.05, 0.1) is 23.4 Å². The van der Waals surface area contributed by atoms with Crippen LogP contribution in [0.25, 0.3) is 11.3 Å². The number of carbonyl (C=O) groups is 1. The van der Waals surface area contributed by atoms with Gasteiger partial charge in [-0.3, -0.25) is 4.98 Å². The monoisotopic (exact) mass is 525 g/mol. The molecule has 2 aliphatic rings. The predicted molar refractivity (Wildman–Crippen MR) is 148 cm³/mol. The van der Waals surface area contributed by atoms with Gasteiger partial charge in [-0.2, -0.15) is 0 Å². The number of benzene rings is 2. The Hall–Kier alpha value is -4.17. The minimum Gasteiger partial charge on any atom is -0.490 e. The summed E-state index contributed by atoms with van der Waals surface area (Å²) in [6.07, 6.45) is 6.73. The van der Waals surface area contributed by atoms with Crippen LogP contribution in [0.3, 0.4) is 0 Å². The fourth-order valence-corrected chi connectivity index (χ4v) is 5.60. The number of furan rings is 1. The maximum Gasteiger partial charge on any atom is 0.335 e. The summed E-state index contributed by atoms with van der Waals surface area (Å²) < 4.78 is 12.5. The Morgan fingerprint density at radius 3 is 2.45 bits per heavy atom. The van der Waals surface area contributed by atoms with Gasteiger partial charge in [-0.25, -0.2) is 4.79 Å². The van der Waals surface area contributed by atoms with Crippen molar-refractivity contribution in [3.63, 3.8) is 0 Å². The zero-order valence-corrected chi connectivity index (χ0v) is 21.4. The van der Waals surface area contributed by atoms with Crippen molar-refractivity contribution in [2.45, 2.75) is 43.9 Å². The number of pyridine rings is 1. The van der Waals surface area contributed by atoms with Gasteiger partial charge in [-0.05, 0) is 98.6 Å². The molecule has 2 aromatic heterocycles. The summed E-state index contributed by atoms with van der Waals surface area (Å²) >= 11 is 5.82. The second kappa shape index (κ2) is 10.3. The standard InChI is InChI=1S/C30H27N3O4S/c34-29(35)20-10-8-19(9-11-20)25-16-17-26(37-25)28-27(24-7-3-4-18-31-24)32-30(38)33(28)21-12-14-23(15-13-21)36-22-5-1-2-6-22/h3-4,7-18,22,27-28H,1-2,5-6H2,(H,32,38)(H,34,35). The molecule has 1 aliphatic heterocycles. The third-order valence-corrected chi connectivity index (χ3v) is 7.47. The van der Waals surface area contributed by atoms with Gasteiger partial charge in [0, 0.05) is 17.4 Å². The summed E-state index contributed by atoms with van der Waals surface area (Å²) in [5.74, 6) is 1.27. The van der Waals surface area contributed by atoms with Crippen molar-refractivity contribution in [1.29, 1.82) is 0 Å². The molecule has 4 aromatic rings. The second-order valence-electron chi connectivity index (χ2n) is 9.60. The number of rotatable bonds is 7. The molecule has 2 aromatic carbocycles. The number of nitrogens with zero attached hydrogens (tertiary/aromatic N) is 2. The molecule has 0 bridgehead atoms. The van der Waals surface area contributed by atoms with Gasteiger partial charge in [0.15, 0.2) is 5.11 Å². The van der Waals surface area contributed by atoms with E-state index in [0.29, 0.717) is 17.0 Å². The number of carboxylic acid groups (broad SMARTS) is 1. The van der Waals surface area contributed by atoms with Crippen LogP contribution in [0, 0.1) is 0 Å². The van der Waals surface area contributed by atoms with Gasteiger partial charge >= 0.3 is 5.97 Å². The second-order valence-corrected chi connectivity index (χ2v) is 9.99. The number of carboxylic acids is 1. The molecule has 2 atom stereocenters. The number of nitrogens with one attached hydrogen (secondary N) is 1. The maximum atomic E-state index is 11.2. The van der Waals surface area contributed by atoms with Gasteiger partial charge in [0.2, 0.25) is 0 Å². The number of aromatic carboxylic acids is 1. The number of anilines is 1. The van der Waals surface area contributed by atoms with Gasteiger partial charge in [-0.15, -0.1) is 0 Å². The molecule has 2 fully saturated rings. The maximum absolute atomic E-state index is 11.2. The van der Waals surface area contributed by atoms with Crippen LogP contribution in [0.15, 0.2) is 89.5 Å². The number of ether oxygens (including phenoxy) is 1. The van der Waals surface area contributed by atoms with Gasteiger partial charge in [-0.1, -0.05) is 18.2 Å². The molecule has 1 aliphatic carbocycles. The number of thiocarbonyl (C=S) groups is 1. The van der Waals surface area contributed by atoms with Crippen LogP contribution in [0.2, 0.25) is 0 Å². The first-order valence-electron chi connectivity index (χ1n) is 12.8. The fourth-order valence-electron chi connectivity index (χ4n) is 5.25. The molecule has 0 amide bonds. The zero-order valence-electron chi connectivity index (χ0n) is 20.6. The first kappa shape index (κ1) is 24.2. The topological polar surface area (TPSA) is 87.8 Å². The normalized spacial score (nSPS) is 19.5. The van der Waals surface area contributed by atoms with E-state index in [9.17, 15) is 9.90 Å². The molecule has 2 unspecified atom stereocenters. The minimum absolute atomic E-state index is 0.229. The van der Waals surface area contributed by atoms with Crippen LogP contribution in [0.1, 0.15) is 59.6 Å². The molecule has 8 heteroatoms. The highest BCUT2D eigenvalue weighted by Crippen LogP contribution is 2.43. The third-order valence-electron chi connectivity index (χ3n) is 7.15. The molecule has 7 nitrogen and oxygen atoms in total. The average molecular weight is 526 g/mol. The van der Waals surface area contributed by atoms with Crippen molar-refractivity contribution in [3.05, 3.63) is 102 Å². The Morgan fingerprint density at radius 1 is 1.00 bits per heavy atom. The van der Waals surface area contributed by atoms with Gasteiger partial charge in [0.1, 0.15) is 23.3 Å². The smallest absolute Gasteiger partial charge is 0.335 e. The number of hydrogen-bond acceptors (Lipinski definition) is 5. The molecule has 192 valence electrons. The molecule has 6 rings (SSSR count). The van der Waals surface area contributed by atoms with Crippen molar-refractivity contribution in [1.82, 2.24) is 10.3 Å². The molecule has 1 saturated carbocycles. The molecule has 2 N–H and O–H groups in total. The summed E-state index contributed by atoms with van der Waals surface area (Å²) in [5, 5.41) is 13.2. The van der Waals surface area contributed by atoms with E-state index in [1.165, 1.54) is 12.8 Å². The van der Waals surface area contributed by atoms with E-state index in [2.05, 4.69) is 15.2 Å². The van der Waals surface area contributed by atoms with Gasteiger partial charge < -0.3 is 24.5 Å². The van der Waals surface area contributed by atoms with Crippen LogP contribution >= 0.6 is 12.2 Å². The lowest BCUT2D eigenvalue weighted by atomic mass is 10.0. The van der Waals surface area contributed by atoms with E-state index in [4.69, 9.17) is 21.4 Å². The van der Waals surface area contributed by atoms with E-state index in [0.717, 1.165) is 41.3 Å². The van der Waals surface area contributed by atoms with Crippen LogP contribution in [-0.2, 0) is 0 Å². The number of hydrogen-bond donors (Lipinski definition) is 2. The Kier molecular flexibility index (Phi) is 6.55. The largest absolute Gasteiger partial charge is 0.490 e. The van der Waals surface area contributed by atoms with E-state index >= 15 is 0 Å². The van der Waals surface area contributed by atoms with Crippen molar-refractivity contribution >= 4 is 29.0 Å². The fraction of sp³-hybridized carbons (Fsp3) is 0.233. The van der Waals surface area contributed by atoms with E-state index in [1.807, 2.05) is 54.6 Å². The minimum atomic E-state index is -0.962. The highest BCUT2D eigenvalue weighted by atomic mass is 32.1. The molecule has 0 spiro atoms. The van der Waals surface area contributed by atoms with E-state index in [1.54, 1.807) is 30.5 Å². The molecule has 1 saturated heterocycles. The summed E-state index contributed by atoms with van der Waals surface area (Å²) in [6.45, 7) is 0. The summed E-state index contributed by atoms with van der Waals surface area (Å²) in [4.78, 5) is 17.9. The summed E-state index contributed by atoms with van der Waals surface area (Å²) in [5.41, 5.74) is 2.80. The lowest BCUT2D eigenvalue weighted by molar-refractivity contribution is 0.0697. The summed E-state index contributed by atoms with van der Waals surface area (Å²) in [7, 11) is 0. The zero-order chi connectivity index (χ0) is 26.1. The van der Waals surface area contributed by atoms with Crippen molar-refractivity contribution < 1.29 is 19.1 Å². The van der Waals surface area contributed by atoms with E-state index in [-0.39, 0.29) is 17.6 Å². The lowest BCUT2D eigenvalue weighted by Gasteiger charge is -2.26. The highest BCUT2D eigenvalue weighted by molar-refractivity contribution is 7.80. The molecule has 3 heterocycles. The van der Waals surface area contributed by atoms with Crippen LogP contribution in [0.4, 0.5) is 5.69 Å². The summed E-state index contributed by atoms with van der Waals surface area (Å²) in [6, 6.07) is 23.9. The van der Waals surface area contributed by atoms with Crippen molar-refractivity contribution in [2.24, 2.45) is 0 Å². The van der Waals surface area contributed by atoms with E-state index < -0.39 is 5.97 Å². The molecule has 38 heavy (non-hydrogen) atoms. The van der Waals surface area contributed by atoms with Crippen LogP contribution < -0.4 is 15.0 Å². The van der Waals surface area contributed by atoms with Crippen molar-refractivity contribution in [3.8, 4) is 17.1 Å². The van der Waals surface area contributed by atoms with Crippen LogP contribution in [0.5, 0.6) is 5.75 Å². The SMILES string of the molecule is O=C(O)c1ccc(-c2ccc(C3C(c4ccccn4)NC(=S)N3c3ccc(OC4CCCC4)cc3)o2)cc1. The first-order valence-corrected chi connectivity index (χ1v) is 13.2.